The van der Waals surface area contributed by atoms with Gasteiger partial charge in [0.05, 0.1) is 0 Å². The predicted molar refractivity (Wildman–Crippen MR) is 74.0 cm³/mol. The molecule has 1 atom stereocenters. The van der Waals surface area contributed by atoms with Crippen molar-refractivity contribution in [1.29, 1.82) is 0 Å². The molecule has 0 fully saturated rings. The van der Waals surface area contributed by atoms with E-state index < -0.39 is 15.0 Å². The second-order valence-corrected chi connectivity index (χ2v) is 6.45. The van der Waals surface area contributed by atoms with Gasteiger partial charge >= 0.3 is 71.5 Å². The monoisotopic (exact) mass is 456 g/mol. The van der Waals surface area contributed by atoms with Gasteiger partial charge in [-0.25, -0.2) is 4.39 Å². The Balaban J connectivity index is 0. The minimum Gasteiger partial charge on any atom is -1.00 e. The molecule has 3 rings (SSSR count). The Bertz CT molecular complexity index is 558. The van der Waals surface area contributed by atoms with Gasteiger partial charge in [0.2, 0.25) is 0 Å². The van der Waals surface area contributed by atoms with Gasteiger partial charge in [0, 0.05) is 12.4 Å². The van der Waals surface area contributed by atoms with Crippen LogP contribution in [0.1, 0.15) is 12.8 Å². The quantitative estimate of drug-likeness (QED) is 0.464. The number of aromatic nitrogens is 1. The van der Waals surface area contributed by atoms with Gasteiger partial charge in [-0.2, -0.15) is 0 Å². The molecule has 1 aromatic rings. The summed E-state index contributed by atoms with van der Waals surface area (Å²) in [6, 6.07) is 5.72. The summed E-state index contributed by atoms with van der Waals surface area (Å²) in [4.78, 5) is 3.78. The average Bonchev–Trinajstić information content (AvgIpc) is 2.90. The van der Waals surface area contributed by atoms with Gasteiger partial charge in [0.1, 0.15) is 5.83 Å². The summed E-state index contributed by atoms with van der Waals surface area (Å²) in [7, 11) is 0. The Morgan fingerprint density at radius 3 is 1.88 bits per heavy atom. The number of pyridine rings is 1. The fraction of sp³-hybridized carbons (Fsp3) is 0.188. The summed E-state index contributed by atoms with van der Waals surface area (Å²) >= 11 is 0.480. The maximum atomic E-state index is 12.8. The van der Waals surface area contributed by atoms with Gasteiger partial charge in [-0.15, -0.1) is 0 Å². The Hall–Kier alpha value is -0.707. The van der Waals surface area contributed by atoms with Crippen LogP contribution in [0.3, 0.4) is 0 Å². The number of halogens is 6. The third kappa shape index (κ3) is 12.7. The predicted octanol–water partition coefficient (Wildman–Crippen LogP) is -0.801. The van der Waals surface area contributed by atoms with Gasteiger partial charge in [0.15, 0.2) is 0 Å². The van der Waals surface area contributed by atoms with Crippen LogP contribution in [-0.4, -0.2) is 8.36 Å². The summed E-state index contributed by atoms with van der Waals surface area (Å²) in [6.45, 7) is 0. The van der Waals surface area contributed by atoms with Crippen molar-refractivity contribution >= 4 is 0 Å². The summed E-state index contributed by atoms with van der Waals surface area (Å²) in [5, 5.41) is 0. The van der Waals surface area contributed by atoms with E-state index in [0.717, 1.165) is 12.5 Å². The first-order valence-corrected chi connectivity index (χ1v) is 7.67. The van der Waals surface area contributed by atoms with E-state index in [0.29, 0.717) is 30.8 Å². The van der Waals surface area contributed by atoms with Gasteiger partial charge in [-0.1, -0.05) is 12.1 Å². The molecule has 1 aromatic heterocycles. The molecule has 8 heteroatoms. The standard InChI is InChI=1S/C6H4F3.C5H5F.C5H5N.2ClH.Zr/c7-4-1-5(8)3-6(9)2-4;6-5-3-1-2-4-5;1-2-4-6-5-3-1;;;/h1-2H,3H2;1,3-4H,2H2;1-5H;2*1H;/q;;;;;+2/p-2. The first kappa shape index (κ1) is 25.5. The molecular formula is C16H14Cl2F4NZr. The molecule has 129 valence electrons. The number of hydrogen-bond donors (Lipinski definition) is 0. The molecule has 2 aliphatic rings. The van der Waals surface area contributed by atoms with Gasteiger partial charge in [-0.3, -0.25) is 4.98 Å². The number of alkyl halides is 1. The van der Waals surface area contributed by atoms with Gasteiger partial charge in [-0.05, 0) is 30.7 Å². The molecule has 0 amide bonds. The number of hydrogen-bond acceptors (Lipinski definition) is 1. The van der Waals surface area contributed by atoms with Crippen molar-refractivity contribution in [2.75, 3.05) is 0 Å². The van der Waals surface area contributed by atoms with Crippen molar-refractivity contribution in [2.45, 2.75) is 16.2 Å². The van der Waals surface area contributed by atoms with Crippen LogP contribution in [0.15, 0.2) is 78.5 Å². The molecule has 1 nitrogen and oxygen atoms in total. The van der Waals surface area contributed by atoms with Crippen LogP contribution in [0.2, 0.25) is 0 Å². The van der Waals surface area contributed by atoms with Crippen molar-refractivity contribution in [3.05, 3.63) is 78.5 Å². The summed E-state index contributed by atoms with van der Waals surface area (Å²) in [5.41, 5.74) is 0. The zero-order valence-electron chi connectivity index (χ0n) is 12.4. The minimum absolute atomic E-state index is 0. The fourth-order valence-electron chi connectivity index (χ4n) is 1.50. The summed E-state index contributed by atoms with van der Waals surface area (Å²) < 4.78 is 47.3. The van der Waals surface area contributed by atoms with E-state index in [1.807, 2.05) is 18.2 Å². The normalized spacial score (nSPS) is 20.5. The minimum atomic E-state index is -1.77. The molecule has 24 heavy (non-hydrogen) atoms. The number of allylic oxidation sites excluding steroid dienone is 8. The molecule has 0 spiro atoms. The van der Waals surface area contributed by atoms with Crippen molar-refractivity contribution < 1.29 is 67.1 Å². The molecule has 1 unspecified atom stereocenters. The Labute approximate surface area is 166 Å². The van der Waals surface area contributed by atoms with E-state index in [1.54, 1.807) is 24.5 Å². The van der Waals surface area contributed by atoms with Crippen LogP contribution < -0.4 is 24.8 Å². The molecular weight excluding hydrogens is 444 g/mol. The number of rotatable bonds is 0. The molecule has 0 bridgehead atoms. The SMILES string of the molecule is FC1=CCC=C1.FC1=C[C](F)([Zr+2])CC(F)=C1.[Cl-].[Cl-].c1ccncc1. The Kier molecular flexibility index (Phi) is 14.4. The van der Waals surface area contributed by atoms with E-state index >= 15 is 0 Å². The number of nitrogens with zero attached hydrogens (tertiary/aromatic N) is 1. The zero-order valence-corrected chi connectivity index (χ0v) is 16.4. The smallest absolute Gasteiger partial charge is 0.0267 e. The van der Waals surface area contributed by atoms with Crippen molar-refractivity contribution in [3.63, 3.8) is 0 Å². The zero-order chi connectivity index (χ0) is 16.4. The van der Waals surface area contributed by atoms with E-state index in [2.05, 4.69) is 4.98 Å². The van der Waals surface area contributed by atoms with Gasteiger partial charge < -0.3 is 24.8 Å². The van der Waals surface area contributed by atoms with Crippen molar-refractivity contribution in [3.8, 4) is 0 Å². The third-order valence-corrected chi connectivity index (χ3v) is 3.17. The van der Waals surface area contributed by atoms with Crippen LogP contribution in [0.4, 0.5) is 17.6 Å². The van der Waals surface area contributed by atoms with Crippen LogP contribution in [0.25, 0.3) is 0 Å². The molecule has 0 saturated heterocycles. The largest absolute Gasteiger partial charge is 1.00 e. The molecule has 0 radical (unpaired) electrons. The molecule has 0 saturated carbocycles. The van der Waals surface area contributed by atoms with Gasteiger partial charge in [0.25, 0.3) is 0 Å². The summed E-state index contributed by atoms with van der Waals surface area (Å²) in [5.74, 6) is -1.64. The maximum absolute atomic E-state index is 12.8. The average molecular weight is 458 g/mol. The molecule has 1 heterocycles. The van der Waals surface area contributed by atoms with Crippen LogP contribution in [0, 0.1) is 0 Å². The van der Waals surface area contributed by atoms with Crippen molar-refractivity contribution in [1.82, 2.24) is 4.98 Å². The van der Waals surface area contributed by atoms with E-state index in [-0.39, 0.29) is 37.1 Å². The third-order valence-electron chi connectivity index (χ3n) is 2.38. The Morgan fingerprint density at radius 2 is 1.62 bits per heavy atom. The summed E-state index contributed by atoms with van der Waals surface area (Å²) in [6.07, 6.45) is 10.3. The van der Waals surface area contributed by atoms with E-state index in [1.165, 1.54) is 6.08 Å². The Morgan fingerprint density at radius 1 is 1.00 bits per heavy atom. The van der Waals surface area contributed by atoms with E-state index in [9.17, 15) is 17.6 Å². The van der Waals surface area contributed by atoms with Crippen molar-refractivity contribution in [2.24, 2.45) is 0 Å². The first-order valence-electron chi connectivity index (χ1n) is 6.44. The fourth-order valence-corrected chi connectivity index (χ4v) is 2.25. The van der Waals surface area contributed by atoms with Crippen LogP contribution >= 0.6 is 0 Å². The van der Waals surface area contributed by atoms with Crippen LogP contribution in [-0.2, 0) is 24.7 Å². The molecule has 0 aliphatic heterocycles. The molecule has 0 aromatic carbocycles. The second-order valence-electron chi connectivity index (χ2n) is 4.41. The van der Waals surface area contributed by atoms with Crippen LogP contribution in [0.5, 0.6) is 0 Å². The topological polar surface area (TPSA) is 12.9 Å². The maximum Gasteiger partial charge on any atom is 0.0267 e. The molecule has 0 N–H and O–H groups in total. The van der Waals surface area contributed by atoms with E-state index in [4.69, 9.17) is 0 Å². The first-order chi connectivity index (χ1) is 10.4. The molecule has 2 aliphatic carbocycles. The second kappa shape index (κ2) is 13.6.